The number of aliphatic carboxylic acids is 1. The molecule has 0 bridgehead atoms. The van der Waals surface area contributed by atoms with Crippen LogP contribution in [0.25, 0.3) is 0 Å². The lowest BCUT2D eigenvalue weighted by atomic mass is 9.80. The van der Waals surface area contributed by atoms with E-state index in [1.807, 2.05) is 0 Å². The van der Waals surface area contributed by atoms with Crippen molar-refractivity contribution in [2.75, 3.05) is 26.3 Å². The maximum absolute atomic E-state index is 12.5. The van der Waals surface area contributed by atoms with Crippen LogP contribution in [0, 0.1) is 11.8 Å². The number of aliphatic hydroxyl groups excluding tert-OH is 1. The second-order valence-corrected chi connectivity index (χ2v) is 15.9. The number of carbonyl (C=O) groups is 2. The fourth-order valence-electron chi connectivity index (χ4n) is 7.76. The molecule has 0 aliphatic rings. The van der Waals surface area contributed by atoms with Gasteiger partial charge < -0.3 is 14.9 Å². The van der Waals surface area contributed by atoms with Crippen LogP contribution in [0.1, 0.15) is 233 Å². The summed E-state index contributed by atoms with van der Waals surface area (Å²) in [6, 6.07) is 0.472. The molecule has 0 aliphatic heterocycles. The van der Waals surface area contributed by atoms with E-state index in [1.54, 1.807) is 0 Å². The highest BCUT2D eigenvalue weighted by Crippen LogP contribution is 2.30. The monoisotopic (exact) mass is 724 g/mol. The smallest absolute Gasteiger partial charge is 0.306 e. The molecular weight excluding hydrogens is 634 g/mol. The first-order valence-electron chi connectivity index (χ1n) is 22.6. The highest BCUT2D eigenvalue weighted by atomic mass is 16.5. The first kappa shape index (κ1) is 49.9. The van der Waals surface area contributed by atoms with E-state index in [0.29, 0.717) is 25.0 Å². The minimum atomic E-state index is -0.566. The molecule has 0 aliphatic carbocycles. The lowest BCUT2D eigenvalue weighted by Crippen LogP contribution is -2.36. The Bertz CT molecular complexity index is 730. The molecule has 6 nitrogen and oxygen atoms in total. The Labute approximate surface area is 318 Å². The summed E-state index contributed by atoms with van der Waals surface area (Å²) in [6.07, 6.45) is 37.1. The van der Waals surface area contributed by atoms with E-state index in [1.165, 1.54) is 122 Å². The molecule has 51 heavy (non-hydrogen) atoms. The molecule has 0 saturated carbocycles. The fraction of sp³-hybridized carbons (Fsp3) is 0.956. The van der Waals surface area contributed by atoms with Gasteiger partial charge in [-0.3, -0.25) is 14.5 Å². The van der Waals surface area contributed by atoms with Crippen LogP contribution in [0.2, 0.25) is 0 Å². The van der Waals surface area contributed by atoms with Crippen LogP contribution in [0.4, 0.5) is 0 Å². The Balaban J connectivity index is 4.31. The van der Waals surface area contributed by atoms with E-state index in [0.717, 1.165) is 90.1 Å². The van der Waals surface area contributed by atoms with E-state index in [9.17, 15) is 19.8 Å². The van der Waals surface area contributed by atoms with Crippen LogP contribution in [-0.4, -0.2) is 59.4 Å². The zero-order chi connectivity index (χ0) is 37.6. The van der Waals surface area contributed by atoms with Gasteiger partial charge in [-0.05, 0) is 64.3 Å². The second kappa shape index (κ2) is 38.6. The summed E-state index contributed by atoms with van der Waals surface area (Å²) in [5, 5.41) is 20.0. The third-order valence-corrected chi connectivity index (χ3v) is 11.2. The van der Waals surface area contributed by atoms with Gasteiger partial charge in [-0.15, -0.1) is 0 Å². The zero-order valence-corrected chi connectivity index (χ0v) is 34.8. The molecule has 0 amide bonds. The van der Waals surface area contributed by atoms with Crippen molar-refractivity contribution in [3.8, 4) is 0 Å². The SMILES string of the molecule is CCCCCCCCC(CCCCCCCC)C(CCCCCCN(CCO)C(C)CCCCCCCCOC(=O)CCCCCCC)C(=O)O. The van der Waals surface area contributed by atoms with E-state index < -0.39 is 5.97 Å². The number of aliphatic hydroxyl groups is 1. The molecule has 0 aromatic heterocycles. The molecule has 0 rings (SSSR count). The molecule has 0 spiro atoms. The van der Waals surface area contributed by atoms with Crippen molar-refractivity contribution < 1.29 is 24.5 Å². The Kier molecular flexibility index (Phi) is 37.7. The third-order valence-electron chi connectivity index (χ3n) is 11.2. The first-order chi connectivity index (χ1) is 24.9. The highest BCUT2D eigenvalue weighted by molar-refractivity contribution is 5.70. The average Bonchev–Trinajstić information content (AvgIpc) is 3.11. The van der Waals surface area contributed by atoms with E-state index >= 15 is 0 Å². The Morgan fingerprint density at radius 3 is 1.47 bits per heavy atom. The number of hydrogen-bond acceptors (Lipinski definition) is 5. The lowest BCUT2D eigenvalue weighted by Gasteiger charge is -2.28. The summed E-state index contributed by atoms with van der Waals surface area (Å²) < 4.78 is 5.40. The molecular formula is C45H89NO5. The predicted molar refractivity (Wildman–Crippen MR) is 218 cm³/mol. The minimum absolute atomic E-state index is 0.0268. The number of ether oxygens (including phenoxy) is 1. The normalized spacial score (nSPS) is 12.9. The van der Waals surface area contributed by atoms with E-state index in [4.69, 9.17) is 4.74 Å². The van der Waals surface area contributed by atoms with Crippen molar-refractivity contribution in [2.24, 2.45) is 11.8 Å². The first-order valence-corrected chi connectivity index (χ1v) is 22.6. The van der Waals surface area contributed by atoms with Gasteiger partial charge in [0.05, 0.1) is 19.1 Å². The summed E-state index contributed by atoms with van der Waals surface area (Å²) >= 11 is 0. The maximum Gasteiger partial charge on any atom is 0.306 e. The van der Waals surface area contributed by atoms with Crippen molar-refractivity contribution in [1.82, 2.24) is 4.90 Å². The van der Waals surface area contributed by atoms with Gasteiger partial charge in [0.15, 0.2) is 0 Å². The van der Waals surface area contributed by atoms with Crippen LogP contribution < -0.4 is 0 Å². The quantitative estimate of drug-likeness (QED) is 0.0482. The minimum Gasteiger partial charge on any atom is -0.481 e. The maximum atomic E-state index is 12.5. The van der Waals surface area contributed by atoms with Crippen LogP contribution in [0.5, 0.6) is 0 Å². The van der Waals surface area contributed by atoms with E-state index in [-0.39, 0.29) is 18.5 Å². The topological polar surface area (TPSA) is 87.1 Å². The number of carboxylic acids is 1. The van der Waals surface area contributed by atoms with Gasteiger partial charge in [-0.2, -0.15) is 0 Å². The van der Waals surface area contributed by atoms with Gasteiger partial charge in [-0.25, -0.2) is 0 Å². The summed E-state index contributed by atoms with van der Waals surface area (Å²) in [7, 11) is 0. The van der Waals surface area contributed by atoms with Crippen LogP contribution >= 0.6 is 0 Å². The molecule has 6 heteroatoms. The largest absolute Gasteiger partial charge is 0.481 e. The molecule has 0 heterocycles. The average molecular weight is 724 g/mol. The molecule has 2 atom stereocenters. The number of unbranched alkanes of at least 4 members (excludes halogenated alkanes) is 22. The fourth-order valence-corrected chi connectivity index (χ4v) is 7.76. The number of nitrogens with zero attached hydrogens (tertiary/aromatic N) is 1. The number of rotatable bonds is 41. The van der Waals surface area contributed by atoms with Crippen molar-refractivity contribution in [3.05, 3.63) is 0 Å². The molecule has 0 saturated heterocycles. The summed E-state index contributed by atoms with van der Waals surface area (Å²) in [6.45, 7) is 11.5. The number of esters is 1. The van der Waals surface area contributed by atoms with Crippen LogP contribution in [0.3, 0.4) is 0 Å². The number of carbonyl (C=O) groups excluding carboxylic acids is 1. The number of hydrogen-bond donors (Lipinski definition) is 2. The van der Waals surface area contributed by atoms with Crippen molar-refractivity contribution in [3.63, 3.8) is 0 Å². The molecule has 2 N–H and O–H groups in total. The standard InChI is InChI=1S/C45H89NO5/c1-5-8-11-14-20-26-33-42(34-27-21-15-12-9-6-2)43(45(49)50)35-28-22-23-30-37-46(38-39-47)41(4)32-25-19-16-17-24-31-40-51-44(48)36-29-18-13-10-7-3/h41-43,47H,5-40H2,1-4H3,(H,49,50). The van der Waals surface area contributed by atoms with Crippen LogP contribution in [0.15, 0.2) is 0 Å². The third kappa shape index (κ3) is 32.0. The van der Waals surface area contributed by atoms with Gasteiger partial charge >= 0.3 is 11.9 Å². The molecule has 0 aromatic rings. The molecule has 2 unspecified atom stereocenters. The van der Waals surface area contributed by atoms with Gasteiger partial charge in [0.2, 0.25) is 0 Å². The summed E-state index contributed by atoms with van der Waals surface area (Å²) in [4.78, 5) is 26.8. The highest BCUT2D eigenvalue weighted by Gasteiger charge is 2.27. The zero-order valence-electron chi connectivity index (χ0n) is 34.8. The lowest BCUT2D eigenvalue weighted by molar-refractivity contribution is -0.145. The Hall–Kier alpha value is -1.14. The summed E-state index contributed by atoms with van der Waals surface area (Å²) in [5.41, 5.74) is 0. The molecule has 304 valence electrons. The molecule has 0 fully saturated rings. The van der Waals surface area contributed by atoms with E-state index in [2.05, 4.69) is 32.6 Å². The second-order valence-electron chi connectivity index (χ2n) is 15.9. The van der Waals surface area contributed by atoms with Gasteiger partial charge in [-0.1, -0.05) is 175 Å². The number of carboxylic acid groups (broad SMARTS) is 1. The van der Waals surface area contributed by atoms with Crippen LogP contribution in [-0.2, 0) is 14.3 Å². The van der Waals surface area contributed by atoms with Crippen molar-refractivity contribution in [1.29, 1.82) is 0 Å². The molecule has 0 radical (unpaired) electrons. The Morgan fingerprint density at radius 2 is 0.961 bits per heavy atom. The Morgan fingerprint density at radius 1 is 0.529 bits per heavy atom. The van der Waals surface area contributed by atoms with Gasteiger partial charge in [0.1, 0.15) is 0 Å². The van der Waals surface area contributed by atoms with Crippen molar-refractivity contribution in [2.45, 2.75) is 239 Å². The van der Waals surface area contributed by atoms with Crippen molar-refractivity contribution >= 4 is 11.9 Å². The van der Waals surface area contributed by atoms with Gasteiger partial charge in [0, 0.05) is 19.0 Å². The molecule has 0 aromatic carbocycles. The predicted octanol–water partition coefficient (Wildman–Crippen LogP) is 13.1. The van der Waals surface area contributed by atoms with Gasteiger partial charge in [0.25, 0.3) is 0 Å². The summed E-state index contributed by atoms with van der Waals surface area (Å²) in [5.74, 6) is -0.444.